The van der Waals surface area contributed by atoms with Crippen molar-refractivity contribution in [2.24, 2.45) is 0 Å². The van der Waals surface area contributed by atoms with Gasteiger partial charge in [-0.2, -0.15) is 4.98 Å². The average Bonchev–Trinajstić information content (AvgIpc) is 3.12. The number of nitrogens with one attached hydrogen (secondary N) is 1. The number of likely N-dealkylation sites (N-methyl/N-ethyl adjacent to an activating group) is 1. The van der Waals surface area contributed by atoms with Crippen LogP contribution in [0.3, 0.4) is 0 Å². The van der Waals surface area contributed by atoms with E-state index >= 15 is 0 Å². The molecule has 0 aliphatic carbocycles. The summed E-state index contributed by atoms with van der Waals surface area (Å²) in [6.45, 7) is 5.20. The van der Waals surface area contributed by atoms with Gasteiger partial charge in [0.1, 0.15) is 5.75 Å². The fourth-order valence-corrected chi connectivity index (χ4v) is 2.67. The smallest absolute Gasteiger partial charge is 0.228 e. The zero-order valence-corrected chi connectivity index (χ0v) is 12.5. The number of rotatable bonds is 6. The highest BCUT2D eigenvalue weighted by molar-refractivity contribution is 5.37. The van der Waals surface area contributed by atoms with Crippen LogP contribution in [-0.2, 0) is 12.8 Å². The van der Waals surface area contributed by atoms with Crippen LogP contribution in [0.1, 0.15) is 43.7 Å². The van der Waals surface area contributed by atoms with Gasteiger partial charge in [-0.25, -0.2) is 0 Å². The van der Waals surface area contributed by atoms with Gasteiger partial charge in [0.15, 0.2) is 6.10 Å². The first-order valence-corrected chi connectivity index (χ1v) is 7.60. The molecule has 21 heavy (non-hydrogen) atoms. The van der Waals surface area contributed by atoms with Crippen LogP contribution in [0.5, 0.6) is 5.75 Å². The summed E-state index contributed by atoms with van der Waals surface area (Å²) in [7, 11) is 0. The number of benzene rings is 1. The maximum absolute atomic E-state index is 5.88. The Hall–Kier alpha value is -1.88. The molecule has 0 spiro atoms. The van der Waals surface area contributed by atoms with Gasteiger partial charge in [0.2, 0.25) is 11.7 Å². The van der Waals surface area contributed by atoms with Crippen LogP contribution >= 0.6 is 0 Å². The third-order valence-electron chi connectivity index (χ3n) is 3.83. The average molecular weight is 287 g/mol. The minimum atomic E-state index is -0.126. The second-order valence-corrected chi connectivity index (χ2v) is 5.33. The molecule has 2 unspecified atom stereocenters. The van der Waals surface area contributed by atoms with Crippen molar-refractivity contribution in [1.29, 1.82) is 0 Å². The molecule has 1 aliphatic heterocycles. The van der Waals surface area contributed by atoms with E-state index in [1.54, 1.807) is 0 Å². The highest BCUT2D eigenvalue weighted by atomic mass is 16.5. The highest BCUT2D eigenvalue weighted by Gasteiger charge is 2.28. The second-order valence-electron chi connectivity index (χ2n) is 5.33. The molecule has 0 radical (unpaired) electrons. The van der Waals surface area contributed by atoms with Crippen LogP contribution < -0.4 is 10.1 Å². The van der Waals surface area contributed by atoms with E-state index in [1.165, 1.54) is 5.56 Å². The lowest BCUT2D eigenvalue weighted by molar-refractivity contribution is 0.221. The molecule has 2 heterocycles. The Balaban J connectivity index is 1.66. The van der Waals surface area contributed by atoms with E-state index in [1.807, 2.05) is 18.2 Å². The molecule has 0 saturated carbocycles. The zero-order chi connectivity index (χ0) is 14.7. The molecule has 1 aromatic carbocycles. The first kappa shape index (κ1) is 14.1. The molecule has 1 aromatic heterocycles. The molecule has 1 aliphatic rings. The SMILES string of the molecule is CCNC(CC)Cc1nc(C2Cc3ccccc3O2)no1. The summed E-state index contributed by atoms with van der Waals surface area (Å²) < 4.78 is 11.3. The summed E-state index contributed by atoms with van der Waals surface area (Å²) in [5.41, 5.74) is 1.20. The Morgan fingerprint density at radius 2 is 2.19 bits per heavy atom. The Kier molecular flexibility index (Phi) is 4.20. The molecule has 2 atom stereocenters. The van der Waals surface area contributed by atoms with Gasteiger partial charge in [0, 0.05) is 18.9 Å². The first-order chi connectivity index (χ1) is 10.3. The van der Waals surface area contributed by atoms with E-state index in [0.29, 0.717) is 17.8 Å². The summed E-state index contributed by atoms with van der Waals surface area (Å²) in [6, 6.07) is 8.44. The third kappa shape index (κ3) is 3.08. The predicted molar refractivity (Wildman–Crippen MR) is 79.3 cm³/mol. The third-order valence-corrected chi connectivity index (χ3v) is 3.83. The number of fused-ring (bicyclic) bond motifs is 1. The van der Waals surface area contributed by atoms with Crippen molar-refractivity contribution in [2.75, 3.05) is 6.54 Å². The minimum absolute atomic E-state index is 0.126. The Morgan fingerprint density at radius 1 is 1.33 bits per heavy atom. The summed E-state index contributed by atoms with van der Waals surface area (Å²) in [6.07, 6.45) is 2.48. The van der Waals surface area contributed by atoms with Gasteiger partial charge >= 0.3 is 0 Å². The van der Waals surface area contributed by atoms with Crippen molar-refractivity contribution >= 4 is 0 Å². The number of hydrogen-bond acceptors (Lipinski definition) is 5. The molecule has 3 rings (SSSR count). The predicted octanol–water partition coefficient (Wildman–Crippen LogP) is 2.68. The number of ether oxygens (including phenoxy) is 1. The Morgan fingerprint density at radius 3 is 2.95 bits per heavy atom. The molecule has 5 heteroatoms. The summed E-state index contributed by atoms with van der Waals surface area (Å²) in [4.78, 5) is 4.50. The van der Waals surface area contributed by atoms with Gasteiger partial charge in [-0.3, -0.25) is 0 Å². The van der Waals surface area contributed by atoms with E-state index in [2.05, 4.69) is 35.4 Å². The van der Waals surface area contributed by atoms with Crippen molar-refractivity contribution in [3.8, 4) is 5.75 Å². The fraction of sp³-hybridized carbons (Fsp3) is 0.500. The van der Waals surface area contributed by atoms with Gasteiger partial charge < -0.3 is 14.6 Å². The van der Waals surface area contributed by atoms with E-state index in [4.69, 9.17) is 9.26 Å². The van der Waals surface area contributed by atoms with Gasteiger partial charge in [-0.1, -0.05) is 37.2 Å². The zero-order valence-electron chi connectivity index (χ0n) is 12.5. The van der Waals surface area contributed by atoms with Gasteiger partial charge in [0.05, 0.1) is 0 Å². The normalized spacial score (nSPS) is 18.3. The Labute approximate surface area is 124 Å². The van der Waals surface area contributed by atoms with Gasteiger partial charge in [-0.15, -0.1) is 0 Å². The molecule has 0 saturated heterocycles. The number of hydrogen-bond donors (Lipinski definition) is 1. The van der Waals surface area contributed by atoms with Gasteiger partial charge in [-0.05, 0) is 24.6 Å². The molecule has 0 fully saturated rings. The van der Waals surface area contributed by atoms with Gasteiger partial charge in [0.25, 0.3) is 0 Å². The highest BCUT2D eigenvalue weighted by Crippen LogP contribution is 2.35. The summed E-state index contributed by atoms with van der Waals surface area (Å²) in [5, 5.41) is 7.50. The second kappa shape index (κ2) is 6.26. The molecular weight excluding hydrogens is 266 g/mol. The molecule has 2 aromatic rings. The van der Waals surface area contributed by atoms with Crippen LogP contribution in [0.2, 0.25) is 0 Å². The van der Waals surface area contributed by atoms with Crippen molar-refractivity contribution in [3.05, 3.63) is 41.5 Å². The van der Waals surface area contributed by atoms with Crippen LogP contribution in [0.25, 0.3) is 0 Å². The van der Waals surface area contributed by atoms with Crippen molar-refractivity contribution in [1.82, 2.24) is 15.5 Å². The van der Waals surface area contributed by atoms with Crippen LogP contribution in [0.4, 0.5) is 0 Å². The minimum Gasteiger partial charge on any atom is -0.482 e. The lowest BCUT2D eigenvalue weighted by Gasteiger charge is -2.12. The van der Waals surface area contributed by atoms with Crippen LogP contribution in [-0.4, -0.2) is 22.7 Å². The van der Waals surface area contributed by atoms with E-state index in [-0.39, 0.29) is 6.10 Å². The van der Waals surface area contributed by atoms with Crippen molar-refractivity contribution in [2.45, 2.75) is 45.3 Å². The van der Waals surface area contributed by atoms with E-state index in [9.17, 15) is 0 Å². The van der Waals surface area contributed by atoms with Crippen LogP contribution in [0, 0.1) is 0 Å². The molecule has 0 bridgehead atoms. The quantitative estimate of drug-likeness (QED) is 0.885. The van der Waals surface area contributed by atoms with Crippen LogP contribution in [0.15, 0.2) is 28.8 Å². The molecule has 112 valence electrons. The number of nitrogens with zero attached hydrogens (tertiary/aromatic N) is 2. The first-order valence-electron chi connectivity index (χ1n) is 7.60. The summed E-state index contributed by atoms with van der Waals surface area (Å²) in [5.74, 6) is 2.25. The topological polar surface area (TPSA) is 60.2 Å². The fourth-order valence-electron chi connectivity index (χ4n) is 2.67. The maximum Gasteiger partial charge on any atom is 0.228 e. The lowest BCUT2D eigenvalue weighted by atomic mass is 10.1. The molecule has 0 amide bonds. The van der Waals surface area contributed by atoms with Crippen molar-refractivity contribution in [3.63, 3.8) is 0 Å². The monoisotopic (exact) mass is 287 g/mol. The number of aromatic nitrogens is 2. The lowest BCUT2D eigenvalue weighted by Crippen LogP contribution is -2.30. The molecular formula is C16H21N3O2. The Bertz CT molecular complexity index is 572. The molecule has 1 N–H and O–H groups in total. The van der Waals surface area contributed by atoms with E-state index in [0.717, 1.165) is 31.6 Å². The largest absolute Gasteiger partial charge is 0.482 e. The maximum atomic E-state index is 5.88. The van der Waals surface area contributed by atoms with Crippen molar-refractivity contribution < 1.29 is 9.26 Å². The molecule has 5 nitrogen and oxygen atoms in total. The van der Waals surface area contributed by atoms with E-state index < -0.39 is 0 Å². The standard InChI is InChI=1S/C16H21N3O2/c1-3-12(17-4-2)10-15-18-16(19-21-15)14-9-11-7-5-6-8-13(11)20-14/h5-8,12,14,17H,3-4,9-10H2,1-2H3. The number of para-hydroxylation sites is 1. The summed E-state index contributed by atoms with van der Waals surface area (Å²) >= 11 is 0.